The van der Waals surface area contributed by atoms with Gasteiger partial charge in [0.2, 0.25) is 0 Å². The predicted octanol–water partition coefficient (Wildman–Crippen LogP) is 4.50. The molecule has 2 aromatic carbocycles. The summed E-state index contributed by atoms with van der Waals surface area (Å²) in [5.74, 6) is 1.63. The molecule has 0 saturated heterocycles. The van der Waals surface area contributed by atoms with Crippen LogP contribution < -0.4 is 19.5 Å². The van der Waals surface area contributed by atoms with Crippen molar-refractivity contribution in [3.63, 3.8) is 0 Å². The summed E-state index contributed by atoms with van der Waals surface area (Å²) in [7, 11) is 3.01. The standard InChI is InChI=1S/C19H22ClNO4/c1-12(2)13-6-5-7-14(8-13)25-11-19(22)21-16-10-17(23-3)15(20)9-18(16)24-4/h5-10,12H,11H2,1-4H3,(H,21,22). The minimum absolute atomic E-state index is 0.115. The summed E-state index contributed by atoms with van der Waals surface area (Å²) in [6.45, 7) is 4.09. The number of anilines is 1. The average molecular weight is 364 g/mol. The first kappa shape index (κ1) is 18.9. The molecule has 0 aliphatic carbocycles. The molecule has 0 radical (unpaired) electrons. The summed E-state index contributed by atoms with van der Waals surface area (Å²) in [5, 5.41) is 3.15. The van der Waals surface area contributed by atoms with Crippen LogP contribution in [0.4, 0.5) is 5.69 Å². The Balaban J connectivity index is 2.04. The zero-order chi connectivity index (χ0) is 18.4. The molecule has 1 amide bonds. The van der Waals surface area contributed by atoms with Crippen LogP contribution in [0.2, 0.25) is 5.02 Å². The number of carbonyl (C=O) groups excluding carboxylic acids is 1. The van der Waals surface area contributed by atoms with Crippen LogP contribution in [-0.4, -0.2) is 26.7 Å². The lowest BCUT2D eigenvalue weighted by Gasteiger charge is -2.14. The first-order valence-electron chi connectivity index (χ1n) is 7.88. The number of hydrogen-bond acceptors (Lipinski definition) is 4. The van der Waals surface area contributed by atoms with E-state index in [0.29, 0.717) is 33.9 Å². The highest BCUT2D eigenvalue weighted by Crippen LogP contribution is 2.35. The second kappa shape index (κ2) is 8.62. The number of hydrogen-bond donors (Lipinski definition) is 1. The van der Waals surface area contributed by atoms with Crippen molar-refractivity contribution in [2.24, 2.45) is 0 Å². The van der Waals surface area contributed by atoms with E-state index in [1.54, 1.807) is 12.1 Å². The summed E-state index contributed by atoms with van der Waals surface area (Å²) < 4.78 is 16.0. The molecule has 0 atom stereocenters. The molecule has 0 heterocycles. The maximum atomic E-state index is 12.2. The lowest BCUT2D eigenvalue weighted by atomic mass is 10.0. The number of amides is 1. The summed E-state index contributed by atoms with van der Waals surface area (Å²) in [5.41, 5.74) is 1.62. The molecule has 25 heavy (non-hydrogen) atoms. The van der Waals surface area contributed by atoms with Crippen LogP contribution in [0.5, 0.6) is 17.2 Å². The third-order valence-corrected chi connectivity index (χ3v) is 3.94. The van der Waals surface area contributed by atoms with Crippen molar-refractivity contribution in [3.05, 3.63) is 47.0 Å². The summed E-state index contributed by atoms with van der Waals surface area (Å²) in [6, 6.07) is 10.9. The van der Waals surface area contributed by atoms with E-state index in [1.807, 2.05) is 24.3 Å². The molecule has 0 aromatic heterocycles. The topological polar surface area (TPSA) is 56.8 Å². The van der Waals surface area contributed by atoms with E-state index in [4.69, 9.17) is 25.8 Å². The minimum atomic E-state index is -0.308. The van der Waals surface area contributed by atoms with Gasteiger partial charge in [-0.3, -0.25) is 4.79 Å². The van der Waals surface area contributed by atoms with Gasteiger partial charge in [-0.05, 0) is 23.6 Å². The SMILES string of the molecule is COc1cc(NC(=O)COc2cccc(C(C)C)c2)c(OC)cc1Cl. The molecule has 6 heteroatoms. The largest absolute Gasteiger partial charge is 0.495 e. The number of carbonyl (C=O) groups is 1. The summed E-state index contributed by atoms with van der Waals surface area (Å²) in [4.78, 5) is 12.2. The fraction of sp³-hybridized carbons (Fsp3) is 0.316. The first-order valence-corrected chi connectivity index (χ1v) is 8.26. The molecule has 0 bridgehead atoms. The smallest absolute Gasteiger partial charge is 0.262 e. The normalized spacial score (nSPS) is 10.5. The predicted molar refractivity (Wildman–Crippen MR) is 99.2 cm³/mol. The van der Waals surface area contributed by atoms with E-state index >= 15 is 0 Å². The first-order chi connectivity index (χ1) is 11.9. The van der Waals surface area contributed by atoms with Crippen LogP contribution in [0.1, 0.15) is 25.3 Å². The fourth-order valence-electron chi connectivity index (χ4n) is 2.26. The second-order valence-electron chi connectivity index (χ2n) is 5.75. The van der Waals surface area contributed by atoms with Crippen LogP contribution in [0.3, 0.4) is 0 Å². The van der Waals surface area contributed by atoms with Crippen LogP contribution in [0.15, 0.2) is 36.4 Å². The van der Waals surface area contributed by atoms with Crippen molar-refractivity contribution in [1.82, 2.24) is 0 Å². The van der Waals surface area contributed by atoms with Gasteiger partial charge in [0.05, 0.1) is 24.9 Å². The number of nitrogens with one attached hydrogen (secondary N) is 1. The number of halogens is 1. The molecule has 5 nitrogen and oxygen atoms in total. The second-order valence-corrected chi connectivity index (χ2v) is 6.16. The molecular weight excluding hydrogens is 342 g/mol. The van der Waals surface area contributed by atoms with E-state index in [1.165, 1.54) is 14.2 Å². The van der Waals surface area contributed by atoms with Crippen molar-refractivity contribution >= 4 is 23.2 Å². The quantitative estimate of drug-likeness (QED) is 0.787. The van der Waals surface area contributed by atoms with Gasteiger partial charge in [-0.1, -0.05) is 37.6 Å². The highest BCUT2D eigenvalue weighted by Gasteiger charge is 2.13. The Bertz CT molecular complexity index is 746. The lowest BCUT2D eigenvalue weighted by molar-refractivity contribution is -0.118. The van der Waals surface area contributed by atoms with Crippen LogP contribution in [-0.2, 0) is 4.79 Å². The molecule has 0 unspecified atom stereocenters. The maximum absolute atomic E-state index is 12.2. The number of ether oxygens (including phenoxy) is 3. The molecule has 134 valence electrons. The summed E-state index contributed by atoms with van der Waals surface area (Å²) >= 11 is 6.06. The Morgan fingerprint density at radius 2 is 1.84 bits per heavy atom. The maximum Gasteiger partial charge on any atom is 0.262 e. The van der Waals surface area contributed by atoms with E-state index in [0.717, 1.165) is 5.56 Å². The lowest BCUT2D eigenvalue weighted by Crippen LogP contribution is -2.20. The Hall–Kier alpha value is -2.40. The van der Waals surface area contributed by atoms with Crippen molar-refractivity contribution in [1.29, 1.82) is 0 Å². The van der Waals surface area contributed by atoms with Crippen molar-refractivity contribution < 1.29 is 19.0 Å². The van der Waals surface area contributed by atoms with Crippen molar-refractivity contribution in [2.75, 3.05) is 26.1 Å². The molecule has 0 saturated carbocycles. The number of benzene rings is 2. The zero-order valence-corrected chi connectivity index (χ0v) is 15.5. The molecule has 2 aromatic rings. The van der Waals surface area contributed by atoms with Gasteiger partial charge in [0.1, 0.15) is 17.2 Å². The van der Waals surface area contributed by atoms with Gasteiger partial charge in [0.25, 0.3) is 5.91 Å². The molecule has 1 N–H and O–H groups in total. The van der Waals surface area contributed by atoms with E-state index in [2.05, 4.69) is 19.2 Å². The minimum Gasteiger partial charge on any atom is -0.495 e. The van der Waals surface area contributed by atoms with Gasteiger partial charge in [0.15, 0.2) is 6.61 Å². The molecule has 0 aliphatic rings. The van der Waals surface area contributed by atoms with Crippen molar-refractivity contribution in [3.8, 4) is 17.2 Å². The molecule has 0 spiro atoms. The number of rotatable bonds is 7. The van der Waals surface area contributed by atoms with Crippen molar-refractivity contribution in [2.45, 2.75) is 19.8 Å². The molecular formula is C19H22ClNO4. The Morgan fingerprint density at radius 1 is 1.12 bits per heavy atom. The monoisotopic (exact) mass is 363 g/mol. The highest BCUT2D eigenvalue weighted by molar-refractivity contribution is 6.32. The molecule has 2 rings (SSSR count). The highest BCUT2D eigenvalue weighted by atomic mass is 35.5. The van der Waals surface area contributed by atoms with Gasteiger partial charge >= 0.3 is 0 Å². The Kier molecular flexibility index (Phi) is 6.53. The van der Waals surface area contributed by atoms with E-state index < -0.39 is 0 Å². The van der Waals surface area contributed by atoms with Gasteiger partial charge in [-0.15, -0.1) is 0 Å². The third-order valence-electron chi connectivity index (χ3n) is 3.64. The van der Waals surface area contributed by atoms with E-state index in [-0.39, 0.29) is 12.5 Å². The van der Waals surface area contributed by atoms with E-state index in [9.17, 15) is 4.79 Å². The molecule has 0 aliphatic heterocycles. The van der Waals surface area contributed by atoms with Crippen LogP contribution >= 0.6 is 11.6 Å². The number of methoxy groups -OCH3 is 2. The van der Waals surface area contributed by atoms with Gasteiger partial charge < -0.3 is 19.5 Å². The van der Waals surface area contributed by atoms with Gasteiger partial charge in [-0.2, -0.15) is 0 Å². The third kappa shape index (κ3) is 5.03. The van der Waals surface area contributed by atoms with Crippen LogP contribution in [0.25, 0.3) is 0 Å². The zero-order valence-electron chi connectivity index (χ0n) is 14.8. The van der Waals surface area contributed by atoms with Gasteiger partial charge in [0, 0.05) is 12.1 Å². The molecule has 0 fully saturated rings. The van der Waals surface area contributed by atoms with Crippen LogP contribution in [0, 0.1) is 0 Å². The average Bonchev–Trinajstić information content (AvgIpc) is 2.61. The van der Waals surface area contributed by atoms with Gasteiger partial charge in [-0.25, -0.2) is 0 Å². The summed E-state index contributed by atoms with van der Waals surface area (Å²) in [6.07, 6.45) is 0. The Labute approximate surface area is 152 Å². The fourth-order valence-corrected chi connectivity index (χ4v) is 2.49. The Morgan fingerprint density at radius 3 is 2.48 bits per heavy atom.